The van der Waals surface area contributed by atoms with Crippen molar-refractivity contribution in [3.63, 3.8) is 0 Å². The van der Waals surface area contributed by atoms with Gasteiger partial charge in [0.15, 0.2) is 0 Å². The van der Waals surface area contributed by atoms with E-state index in [0.717, 1.165) is 31.2 Å². The molecule has 0 bridgehead atoms. The van der Waals surface area contributed by atoms with Crippen LogP contribution < -0.4 is 0 Å². The molecule has 0 aliphatic heterocycles. The molecule has 106 valence electrons. The average molecular weight is 262 g/mol. The van der Waals surface area contributed by atoms with E-state index >= 15 is 0 Å². The van der Waals surface area contributed by atoms with Crippen LogP contribution in [0.5, 0.6) is 0 Å². The molecule has 1 aromatic rings. The molecular formula is C17H26O2. The van der Waals surface area contributed by atoms with Crippen LogP contribution in [0.4, 0.5) is 0 Å². The van der Waals surface area contributed by atoms with Crippen LogP contribution in [0.1, 0.15) is 62.7 Å². The summed E-state index contributed by atoms with van der Waals surface area (Å²) in [6.07, 6.45) is 6.52. The van der Waals surface area contributed by atoms with Crippen molar-refractivity contribution in [1.29, 1.82) is 0 Å². The van der Waals surface area contributed by atoms with E-state index in [4.69, 9.17) is 0 Å². The number of rotatable bonds is 5. The average Bonchev–Trinajstić information content (AvgIpc) is 2.47. The summed E-state index contributed by atoms with van der Waals surface area (Å²) in [5, 5.41) is 20.8. The first-order valence-corrected chi connectivity index (χ1v) is 7.67. The Kier molecular flexibility index (Phi) is 5.41. The minimum atomic E-state index is -0.736. The van der Waals surface area contributed by atoms with Gasteiger partial charge in [-0.15, -0.1) is 0 Å². The molecule has 0 aromatic heterocycles. The van der Waals surface area contributed by atoms with Crippen molar-refractivity contribution in [2.24, 2.45) is 5.92 Å². The zero-order chi connectivity index (χ0) is 13.7. The van der Waals surface area contributed by atoms with Gasteiger partial charge in [0.05, 0.1) is 6.10 Å². The van der Waals surface area contributed by atoms with Crippen LogP contribution in [-0.4, -0.2) is 16.3 Å². The van der Waals surface area contributed by atoms with E-state index in [1.54, 1.807) is 0 Å². The molecular weight excluding hydrogens is 236 g/mol. The largest absolute Gasteiger partial charge is 0.390 e. The molecule has 2 heteroatoms. The van der Waals surface area contributed by atoms with Crippen molar-refractivity contribution in [2.45, 2.75) is 64.1 Å². The number of aryl methyl sites for hydroxylation is 1. The third-order valence-electron chi connectivity index (χ3n) is 4.29. The molecule has 0 heterocycles. The summed E-state index contributed by atoms with van der Waals surface area (Å²) in [6.45, 7) is 2.15. The lowest BCUT2D eigenvalue weighted by molar-refractivity contribution is -0.0286. The SMILES string of the molecule is CCCc1cccc(C(O)C(O)C2CCCCC2)c1. The van der Waals surface area contributed by atoms with Crippen molar-refractivity contribution in [3.05, 3.63) is 35.4 Å². The maximum absolute atomic E-state index is 10.4. The third kappa shape index (κ3) is 3.80. The van der Waals surface area contributed by atoms with Gasteiger partial charge in [-0.1, -0.05) is 56.9 Å². The van der Waals surface area contributed by atoms with E-state index in [9.17, 15) is 10.2 Å². The van der Waals surface area contributed by atoms with Gasteiger partial charge in [-0.25, -0.2) is 0 Å². The molecule has 0 amide bonds. The van der Waals surface area contributed by atoms with Crippen LogP contribution >= 0.6 is 0 Å². The molecule has 2 unspecified atom stereocenters. The summed E-state index contributed by atoms with van der Waals surface area (Å²) in [7, 11) is 0. The summed E-state index contributed by atoms with van der Waals surface area (Å²) in [4.78, 5) is 0. The summed E-state index contributed by atoms with van der Waals surface area (Å²) < 4.78 is 0. The lowest BCUT2D eigenvalue weighted by Gasteiger charge is -2.30. The highest BCUT2D eigenvalue weighted by atomic mass is 16.3. The van der Waals surface area contributed by atoms with Gasteiger partial charge in [0.1, 0.15) is 6.10 Å². The van der Waals surface area contributed by atoms with Gasteiger partial charge in [0, 0.05) is 0 Å². The first kappa shape index (κ1) is 14.5. The molecule has 2 N–H and O–H groups in total. The predicted octanol–water partition coefficient (Wildman–Crippen LogP) is 3.61. The minimum absolute atomic E-state index is 0.263. The van der Waals surface area contributed by atoms with Gasteiger partial charge in [0.2, 0.25) is 0 Å². The second-order valence-electron chi connectivity index (χ2n) is 5.83. The fourth-order valence-corrected chi connectivity index (χ4v) is 3.15. The van der Waals surface area contributed by atoms with Gasteiger partial charge < -0.3 is 10.2 Å². The lowest BCUT2D eigenvalue weighted by atomic mass is 9.82. The number of hydrogen-bond donors (Lipinski definition) is 2. The maximum atomic E-state index is 10.4. The smallest absolute Gasteiger partial charge is 0.105 e. The molecule has 2 atom stereocenters. The van der Waals surface area contributed by atoms with Gasteiger partial charge in [-0.3, -0.25) is 0 Å². The molecule has 1 fully saturated rings. The fraction of sp³-hybridized carbons (Fsp3) is 0.647. The Balaban J connectivity index is 2.04. The number of benzene rings is 1. The van der Waals surface area contributed by atoms with Crippen molar-refractivity contribution in [3.8, 4) is 0 Å². The highest BCUT2D eigenvalue weighted by molar-refractivity contribution is 5.26. The van der Waals surface area contributed by atoms with E-state index in [2.05, 4.69) is 13.0 Å². The molecule has 1 aliphatic carbocycles. The van der Waals surface area contributed by atoms with Crippen LogP contribution in [0.25, 0.3) is 0 Å². The maximum Gasteiger partial charge on any atom is 0.105 e. The third-order valence-corrected chi connectivity index (χ3v) is 4.29. The Hall–Kier alpha value is -0.860. The van der Waals surface area contributed by atoms with Gasteiger partial charge in [-0.2, -0.15) is 0 Å². The molecule has 1 saturated carbocycles. The fourth-order valence-electron chi connectivity index (χ4n) is 3.15. The van der Waals surface area contributed by atoms with E-state index < -0.39 is 12.2 Å². The molecule has 2 nitrogen and oxygen atoms in total. The Morgan fingerprint density at radius 2 is 1.89 bits per heavy atom. The van der Waals surface area contributed by atoms with Crippen LogP contribution in [0.15, 0.2) is 24.3 Å². The standard InChI is InChI=1S/C17H26O2/c1-2-7-13-8-6-11-15(12-13)17(19)16(18)14-9-4-3-5-10-14/h6,8,11-12,14,16-19H,2-5,7,9-10H2,1H3. The van der Waals surface area contributed by atoms with E-state index in [1.165, 1.54) is 24.8 Å². The van der Waals surface area contributed by atoms with Crippen LogP contribution in [0.2, 0.25) is 0 Å². The summed E-state index contributed by atoms with van der Waals surface area (Å²) in [5.41, 5.74) is 2.11. The van der Waals surface area contributed by atoms with Crippen LogP contribution in [-0.2, 0) is 6.42 Å². The second-order valence-corrected chi connectivity index (χ2v) is 5.83. The zero-order valence-electron chi connectivity index (χ0n) is 11.9. The Bertz CT molecular complexity index is 383. The number of hydrogen-bond acceptors (Lipinski definition) is 2. The lowest BCUT2D eigenvalue weighted by Crippen LogP contribution is -2.29. The quantitative estimate of drug-likeness (QED) is 0.851. The monoisotopic (exact) mass is 262 g/mol. The first-order valence-electron chi connectivity index (χ1n) is 7.67. The molecule has 0 radical (unpaired) electrons. The normalized spacial score (nSPS) is 20.2. The molecule has 0 saturated heterocycles. The van der Waals surface area contributed by atoms with Crippen molar-refractivity contribution in [2.75, 3.05) is 0 Å². The van der Waals surface area contributed by atoms with Crippen molar-refractivity contribution >= 4 is 0 Å². The number of aliphatic hydroxyl groups is 2. The first-order chi connectivity index (χ1) is 9.22. The van der Waals surface area contributed by atoms with E-state index in [1.807, 2.05) is 18.2 Å². The highest BCUT2D eigenvalue weighted by Gasteiger charge is 2.28. The topological polar surface area (TPSA) is 40.5 Å². The van der Waals surface area contributed by atoms with Gasteiger partial charge in [0.25, 0.3) is 0 Å². The minimum Gasteiger partial charge on any atom is -0.390 e. The zero-order valence-corrected chi connectivity index (χ0v) is 11.9. The van der Waals surface area contributed by atoms with E-state index in [0.29, 0.717) is 0 Å². The van der Waals surface area contributed by atoms with Crippen LogP contribution in [0, 0.1) is 5.92 Å². The Labute approximate surface area is 116 Å². The van der Waals surface area contributed by atoms with Gasteiger partial charge in [-0.05, 0) is 36.3 Å². The molecule has 1 aliphatic rings. The summed E-state index contributed by atoms with van der Waals surface area (Å²) in [5.74, 6) is 0.263. The Morgan fingerprint density at radius 1 is 1.16 bits per heavy atom. The van der Waals surface area contributed by atoms with E-state index in [-0.39, 0.29) is 5.92 Å². The molecule has 1 aromatic carbocycles. The second kappa shape index (κ2) is 7.06. The van der Waals surface area contributed by atoms with Crippen molar-refractivity contribution < 1.29 is 10.2 Å². The number of aliphatic hydroxyl groups excluding tert-OH is 2. The summed E-state index contributed by atoms with van der Waals surface area (Å²) >= 11 is 0. The highest BCUT2D eigenvalue weighted by Crippen LogP contribution is 2.32. The molecule has 2 rings (SSSR count). The summed E-state index contributed by atoms with van der Waals surface area (Å²) in [6, 6.07) is 8.04. The van der Waals surface area contributed by atoms with Gasteiger partial charge >= 0.3 is 0 Å². The predicted molar refractivity (Wildman–Crippen MR) is 78.0 cm³/mol. The Morgan fingerprint density at radius 3 is 2.58 bits per heavy atom. The van der Waals surface area contributed by atoms with Crippen LogP contribution in [0.3, 0.4) is 0 Å². The van der Waals surface area contributed by atoms with Crippen molar-refractivity contribution in [1.82, 2.24) is 0 Å². The molecule has 19 heavy (non-hydrogen) atoms. The molecule has 0 spiro atoms.